The number of nitrogens with one attached hydrogen (secondary N) is 3. The van der Waals surface area contributed by atoms with Crippen LogP contribution in [-0.4, -0.2) is 15.0 Å². The van der Waals surface area contributed by atoms with Gasteiger partial charge >= 0.3 is 0 Å². The highest BCUT2D eigenvalue weighted by atomic mass is 127. The Morgan fingerprint density at radius 2 is 1.85 bits per heavy atom. The first-order valence-corrected chi connectivity index (χ1v) is 10.6. The zero-order chi connectivity index (χ0) is 19.3. The number of benzene rings is 2. The number of hydrogen-bond donors (Lipinski definition) is 3. The molecule has 26 heavy (non-hydrogen) atoms. The smallest absolute Gasteiger partial charge is 0.299 e. The SMILES string of the molecule is CCCCNS(=O)(=O)Nc1ccc(F)c(F)c1Nc1ccc(I)cc1Cl. The van der Waals surface area contributed by atoms with Crippen molar-refractivity contribution in [3.63, 3.8) is 0 Å². The summed E-state index contributed by atoms with van der Waals surface area (Å²) in [7, 11) is -3.93. The number of unbranched alkanes of at least 4 members (excludes halogenated alkanes) is 1. The van der Waals surface area contributed by atoms with Gasteiger partial charge in [0.05, 0.1) is 16.4 Å². The van der Waals surface area contributed by atoms with Crippen LogP contribution in [0.5, 0.6) is 0 Å². The zero-order valence-electron chi connectivity index (χ0n) is 13.7. The lowest BCUT2D eigenvalue weighted by atomic mass is 10.2. The van der Waals surface area contributed by atoms with Gasteiger partial charge in [0, 0.05) is 10.1 Å². The summed E-state index contributed by atoms with van der Waals surface area (Å²) in [5, 5.41) is 2.95. The third kappa shape index (κ3) is 5.66. The van der Waals surface area contributed by atoms with Crippen LogP contribution in [0.15, 0.2) is 30.3 Å². The maximum atomic E-state index is 14.3. The monoisotopic (exact) mass is 515 g/mol. The van der Waals surface area contributed by atoms with Gasteiger partial charge in [-0.05, 0) is 59.3 Å². The highest BCUT2D eigenvalue weighted by Gasteiger charge is 2.19. The molecular weight excluding hydrogens is 499 g/mol. The molecule has 0 aliphatic carbocycles. The van der Waals surface area contributed by atoms with Crippen LogP contribution in [0.2, 0.25) is 5.02 Å². The van der Waals surface area contributed by atoms with Crippen LogP contribution < -0.4 is 14.8 Å². The average molecular weight is 516 g/mol. The van der Waals surface area contributed by atoms with Crippen LogP contribution in [0.25, 0.3) is 0 Å². The summed E-state index contributed by atoms with van der Waals surface area (Å²) in [4.78, 5) is 0. The van der Waals surface area contributed by atoms with E-state index in [0.29, 0.717) is 12.1 Å². The molecule has 0 aliphatic rings. The van der Waals surface area contributed by atoms with E-state index in [0.717, 1.165) is 22.1 Å². The normalized spacial score (nSPS) is 11.4. The molecule has 0 amide bonds. The first-order valence-electron chi connectivity index (χ1n) is 7.71. The topological polar surface area (TPSA) is 70.2 Å². The first-order chi connectivity index (χ1) is 12.2. The van der Waals surface area contributed by atoms with E-state index in [4.69, 9.17) is 11.6 Å². The lowest BCUT2D eigenvalue weighted by Crippen LogP contribution is -2.31. The van der Waals surface area contributed by atoms with Gasteiger partial charge in [-0.2, -0.15) is 13.1 Å². The Balaban J connectivity index is 2.34. The van der Waals surface area contributed by atoms with Crippen LogP contribution in [0, 0.1) is 15.2 Å². The van der Waals surface area contributed by atoms with Crippen molar-refractivity contribution >= 4 is 61.5 Å². The summed E-state index contributed by atoms with van der Waals surface area (Å²) in [6, 6.07) is 6.94. The van der Waals surface area contributed by atoms with E-state index in [-0.39, 0.29) is 22.9 Å². The molecule has 0 heterocycles. The maximum Gasteiger partial charge on any atom is 0.299 e. The molecule has 0 unspecified atom stereocenters. The summed E-state index contributed by atoms with van der Waals surface area (Å²) < 4.78 is 57.6. The van der Waals surface area contributed by atoms with Gasteiger partial charge in [-0.1, -0.05) is 24.9 Å². The lowest BCUT2D eigenvalue weighted by molar-refractivity contribution is 0.512. The van der Waals surface area contributed by atoms with Crippen molar-refractivity contribution in [2.24, 2.45) is 0 Å². The molecule has 0 aliphatic heterocycles. The maximum absolute atomic E-state index is 14.3. The van der Waals surface area contributed by atoms with Crippen LogP contribution >= 0.6 is 34.2 Å². The molecular formula is C16H17ClF2IN3O2S. The van der Waals surface area contributed by atoms with Gasteiger partial charge in [-0.15, -0.1) is 0 Å². The summed E-state index contributed by atoms with van der Waals surface area (Å²) in [5.41, 5.74) is -0.174. The second-order valence-electron chi connectivity index (χ2n) is 5.39. The van der Waals surface area contributed by atoms with Gasteiger partial charge in [0.2, 0.25) is 0 Å². The summed E-state index contributed by atoms with van der Waals surface area (Å²) in [6.45, 7) is 2.16. The summed E-state index contributed by atoms with van der Waals surface area (Å²) >= 11 is 8.17. The first kappa shape index (κ1) is 21.1. The predicted molar refractivity (Wildman–Crippen MR) is 109 cm³/mol. The van der Waals surface area contributed by atoms with Crippen molar-refractivity contribution in [3.8, 4) is 0 Å². The van der Waals surface area contributed by atoms with Crippen molar-refractivity contribution in [1.29, 1.82) is 0 Å². The van der Waals surface area contributed by atoms with E-state index in [2.05, 4.69) is 37.4 Å². The molecule has 0 saturated heterocycles. The lowest BCUT2D eigenvalue weighted by Gasteiger charge is -2.16. The Kier molecular flexibility index (Phi) is 7.44. The van der Waals surface area contributed by atoms with Gasteiger partial charge in [-0.25, -0.2) is 8.78 Å². The molecule has 0 radical (unpaired) electrons. The van der Waals surface area contributed by atoms with Gasteiger partial charge < -0.3 is 5.32 Å². The van der Waals surface area contributed by atoms with E-state index in [9.17, 15) is 17.2 Å². The summed E-state index contributed by atoms with van der Waals surface area (Å²) in [5.74, 6) is -2.33. The van der Waals surface area contributed by atoms with E-state index in [1.165, 1.54) is 0 Å². The van der Waals surface area contributed by atoms with Crippen LogP contribution in [0.3, 0.4) is 0 Å². The molecule has 0 bridgehead atoms. The number of rotatable bonds is 8. The third-order valence-corrected chi connectivity index (χ3v) is 5.41. The van der Waals surface area contributed by atoms with Crippen molar-refractivity contribution in [1.82, 2.24) is 4.72 Å². The van der Waals surface area contributed by atoms with E-state index in [1.54, 1.807) is 18.2 Å². The zero-order valence-corrected chi connectivity index (χ0v) is 17.5. The average Bonchev–Trinajstić information content (AvgIpc) is 2.56. The van der Waals surface area contributed by atoms with Gasteiger partial charge in [0.15, 0.2) is 11.6 Å². The Morgan fingerprint density at radius 3 is 2.50 bits per heavy atom. The molecule has 10 heteroatoms. The molecule has 0 fully saturated rings. The van der Waals surface area contributed by atoms with E-state index >= 15 is 0 Å². The van der Waals surface area contributed by atoms with Gasteiger partial charge in [-0.3, -0.25) is 4.72 Å². The molecule has 142 valence electrons. The largest absolute Gasteiger partial charge is 0.350 e. The minimum absolute atomic E-state index is 0.137. The number of anilines is 3. The number of hydrogen-bond acceptors (Lipinski definition) is 3. The Morgan fingerprint density at radius 1 is 1.15 bits per heavy atom. The fourth-order valence-corrected chi connectivity index (χ4v) is 3.90. The minimum Gasteiger partial charge on any atom is -0.350 e. The summed E-state index contributed by atoms with van der Waals surface area (Å²) in [6.07, 6.45) is 1.47. The fourth-order valence-electron chi connectivity index (χ4n) is 2.05. The van der Waals surface area contributed by atoms with Crippen LogP contribution in [0.1, 0.15) is 19.8 Å². The Hall–Kier alpha value is -1.17. The molecule has 2 aromatic rings. The van der Waals surface area contributed by atoms with Gasteiger partial charge in [0.1, 0.15) is 5.69 Å². The third-order valence-electron chi connectivity index (χ3n) is 3.35. The molecule has 0 saturated carbocycles. The predicted octanol–water partition coefficient (Wildman–Crippen LogP) is 5.01. The molecule has 0 aromatic heterocycles. The Bertz CT molecular complexity index is 897. The van der Waals surface area contributed by atoms with Crippen molar-refractivity contribution in [2.45, 2.75) is 19.8 Å². The van der Waals surface area contributed by atoms with Crippen LogP contribution in [0.4, 0.5) is 25.8 Å². The molecule has 2 aromatic carbocycles. The van der Waals surface area contributed by atoms with Gasteiger partial charge in [0.25, 0.3) is 10.2 Å². The minimum atomic E-state index is -3.93. The molecule has 3 N–H and O–H groups in total. The van der Waals surface area contributed by atoms with E-state index in [1.807, 2.05) is 6.92 Å². The number of halogens is 4. The van der Waals surface area contributed by atoms with Crippen LogP contribution in [-0.2, 0) is 10.2 Å². The molecule has 0 spiro atoms. The Labute approximate surface area is 169 Å². The fraction of sp³-hybridized carbons (Fsp3) is 0.250. The van der Waals surface area contributed by atoms with Crippen molar-refractivity contribution < 1.29 is 17.2 Å². The molecule has 0 atom stereocenters. The second kappa shape index (κ2) is 9.16. The van der Waals surface area contributed by atoms with Crippen molar-refractivity contribution in [3.05, 3.63) is 50.6 Å². The quantitative estimate of drug-likeness (QED) is 0.342. The molecule has 2 rings (SSSR count). The highest BCUT2D eigenvalue weighted by Crippen LogP contribution is 2.34. The molecule has 5 nitrogen and oxygen atoms in total. The standard InChI is InChI=1S/C16H17ClF2IN3O2S/c1-2-3-8-21-26(24,25)23-14-7-5-12(18)15(19)16(14)22-13-6-4-10(20)9-11(13)17/h4-7,9,21-23H,2-3,8H2,1H3. The second-order valence-corrected chi connectivity index (χ2v) is 8.54. The van der Waals surface area contributed by atoms with Crippen molar-refractivity contribution in [2.75, 3.05) is 16.6 Å². The van der Waals surface area contributed by atoms with E-state index < -0.39 is 21.8 Å². The highest BCUT2D eigenvalue weighted by molar-refractivity contribution is 14.1.